The minimum absolute atomic E-state index is 0.0398. The lowest BCUT2D eigenvalue weighted by atomic mass is 9.90. The molecule has 1 amide bonds. The van der Waals surface area contributed by atoms with Gasteiger partial charge in [-0.15, -0.1) is 10.2 Å². The highest BCUT2D eigenvalue weighted by molar-refractivity contribution is 7.15. The molecule has 0 saturated heterocycles. The van der Waals surface area contributed by atoms with Crippen LogP contribution in [0.5, 0.6) is 0 Å². The van der Waals surface area contributed by atoms with E-state index in [1.165, 1.54) is 48.8 Å². The largest absolute Gasteiger partial charge is 0.297 e. The first-order valence-corrected chi connectivity index (χ1v) is 9.01. The van der Waals surface area contributed by atoms with Crippen molar-refractivity contribution < 1.29 is 9.72 Å². The lowest BCUT2D eigenvalue weighted by Crippen LogP contribution is -2.07. The third-order valence-electron chi connectivity index (χ3n) is 4.17. The fourth-order valence-corrected chi connectivity index (χ4v) is 3.82. The first kappa shape index (κ1) is 17.2. The number of hydrogen-bond acceptors (Lipinski definition) is 6. The zero-order valence-corrected chi connectivity index (χ0v) is 14.4. The van der Waals surface area contributed by atoms with Crippen molar-refractivity contribution >= 4 is 34.1 Å². The van der Waals surface area contributed by atoms with Crippen molar-refractivity contribution in [2.24, 2.45) is 0 Å². The molecule has 25 heavy (non-hydrogen) atoms. The summed E-state index contributed by atoms with van der Waals surface area (Å²) in [6, 6.07) is 6.27. The molecule has 2 aromatic rings. The summed E-state index contributed by atoms with van der Waals surface area (Å²) in [5.74, 6) is 0.0592. The van der Waals surface area contributed by atoms with E-state index in [9.17, 15) is 14.9 Å². The summed E-state index contributed by atoms with van der Waals surface area (Å²) < 4.78 is 0. The molecular weight excluding hydrogens is 340 g/mol. The molecular formula is C17H18N4O3S. The van der Waals surface area contributed by atoms with E-state index in [4.69, 9.17) is 0 Å². The monoisotopic (exact) mass is 358 g/mol. The van der Waals surface area contributed by atoms with E-state index in [2.05, 4.69) is 15.5 Å². The minimum atomic E-state index is -0.473. The molecule has 0 bridgehead atoms. The van der Waals surface area contributed by atoms with E-state index in [-0.39, 0.29) is 11.6 Å². The Hall–Kier alpha value is -2.61. The van der Waals surface area contributed by atoms with Crippen LogP contribution in [0.1, 0.15) is 48.6 Å². The van der Waals surface area contributed by atoms with Gasteiger partial charge in [-0.2, -0.15) is 0 Å². The molecule has 8 heteroatoms. The Morgan fingerprint density at radius 3 is 2.76 bits per heavy atom. The smallest absolute Gasteiger partial charge is 0.276 e. The number of nitro groups is 1. The highest BCUT2D eigenvalue weighted by Gasteiger charge is 2.20. The van der Waals surface area contributed by atoms with Crippen molar-refractivity contribution in [1.29, 1.82) is 0 Å². The van der Waals surface area contributed by atoms with Crippen molar-refractivity contribution in [2.75, 3.05) is 5.32 Å². The highest BCUT2D eigenvalue weighted by atomic mass is 32.1. The number of carbonyl (C=O) groups excluding carboxylic acids is 1. The maximum absolute atomic E-state index is 12.0. The topological polar surface area (TPSA) is 98.0 Å². The average molecular weight is 358 g/mol. The fraction of sp³-hybridized carbons (Fsp3) is 0.353. The normalized spacial score (nSPS) is 15.4. The van der Waals surface area contributed by atoms with E-state index in [0.29, 0.717) is 16.6 Å². The summed E-state index contributed by atoms with van der Waals surface area (Å²) in [6.07, 6.45) is 8.64. The van der Waals surface area contributed by atoms with Gasteiger partial charge in [-0.3, -0.25) is 20.2 Å². The summed E-state index contributed by atoms with van der Waals surface area (Å²) in [6.45, 7) is 0. The molecule has 0 unspecified atom stereocenters. The van der Waals surface area contributed by atoms with Crippen LogP contribution < -0.4 is 5.32 Å². The van der Waals surface area contributed by atoms with Crippen molar-refractivity contribution in [3.05, 3.63) is 51.0 Å². The Bertz CT molecular complexity index is 797. The zero-order valence-electron chi connectivity index (χ0n) is 13.6. The standard InChI is InChI=1S/C17H18N4O3S/c22-15(11-10-12-6-4-5-9-14(12)21(23)24)18-17-20-19-16(25-17)13-7-2-1-3-8-13/h4-6,9-11,13H,1-3,7-8H2,(H,18,20,22). The van der Waals surface area contributed by atoms with Crippen LogP contribution in [0, 0.1) is 10.1 Å². The summed E-state index contributed by atoms with van der Waals surface area (Å²) in [7, 11) is 0. The molecule has 1 aromatic heterocycles. The second-order valence-corrected chi connectivity index (χ2v) is 6.93. The SMILES string of the molecule is O=C(C=Cc1ccccc1[N+](=O)[O-])Nc1nnc(C2CCCCC2)s1. The second kappa shape index (κ2) is 7.98. The van der Waals surface area contributed by atoms with Crippen LogP contribution in [-0.4, -0.2) is 21.0 Å². The van der Waals surface area contributed by atoms with Crippen LogP contribution in [0.4, 0.5) is 10.8 Å². The van der Waals surface area contributed by atoms with Crippen molar-refractivity contribution in [3.8, 4) is 0 Å². The van der Waals surface area contributed by atoms with Crippen LogP contribution in [0.25, 0.3) is 6.08 Å². The van der Waals surface area contributed by atoms with E-state index in [1.54, 1.807) is 18.2 Å². The minimum Gasteiger partial charge on any atom is -0.297 e. The molecule has 1 aromatic carbocycles. The van der Waals surface area contributed by atoms with Crippen LogP contribution in [-0.2, 0) is 4.79 Å². The summed E-state index contributed by atoms with van der Waals surface area (Å²) in [5.41, 5.74) is 0.338. The summed E-state index contributed by atoms with van der Waals surface area (Å²) >= 11 is 1.40. The molecule has 1 saturated carbocycles. The molecule has 7 nitrogen and oxygen atoms in total. The van der Waals surface area contributed by atoms with Gasteiger partial charge >= 0.3 is 0 Å². The first-order valence-electron chi connectivity index (χ1n) is 8.19. The summed E-state index contributed by atoms with van der Waals surface area (Å²) in [5, 5.41) is 23.3. The third kappa shape index (κ3) is 4.48. The number of para-hydroxylation sites is 1. The number of aromatic nitrogens is 2. The van der Waals surface area contributed by atoms with Gasteiger partial charge in [0.1, 0.15) is 5.01 Å². The van der Waals surface area contributed by atoms with E-state index >= 15 is 0 Å². The highest BCUT2D eigenvalue weighted by Crippen LogP contribution is 2.35. The number of nitrogens with one attached hydrogen (secondary N) is 1. The Labute approximate surface area is 148 Å². The Balaban J connectivity index is 1.63. The number of hydrogen-bond donors (Lipinski definition) is 1. The number of rotatable bonds is 5. The van der Waals surface area contributed by atoms with Gasteiger partial charge in [0.2, 0.25) is 11.0 Å². The molecule has 0 radical (unpaired) electrons. The van der Waals surface area contributed by atoms with Crippen molar-refractivity contribution in [1.82, 2.24) is 10.2 Å². The van der Waals surface area contributed by atoms with Crippen LogP contribution in [0.2, 0.25) is 0 Å². The van der Waals surface area contributed by atoms with Gasteiger partial charge in [0, 0.05) is 18.1 Å². The van der Waals surface area contributed by atoms with Crippen LogP contribution in [0.3, 0.4) is 0 Å². The number of nitro benzene ring substituents is 1. The van der Waals surface area contributed by atoms with E-state index in [1.807, 2.05) is 0 Å². The Morgan fingerprint density at radius 2 is 2.00 bits per heavy atom. The predicted octanol–water partition coefficient (Wildman–Crippen LogP) is 4.15. The van der Waals surface area contributed by atoms with Gasteiger partial charge in [-0.1, -0.05) is 42.7 Å². The zero-order chi connectivity index (χ0) is 17.6. The Morgan fingerprint density at radius 1 is 1.24 bits per heavy atom. The molecule has 0 spiro atoms. The summed E-state index contributed by atoms with van der Waals surface area (Å²) in [4.78, 5) is 22.5. The van der Waals surface area contributed by atoms with Crippen molar-refractivity contribution in [3.63, 3.8) is 0 Å². The second-order valence-electron chi connectivity index (χ2n) is 5.92. The van der Waals surface area contributed by atoms with Crippen LogP contribution >= 0.6 is 11.3 Å². The number of carbonyl (C=O) groups is 1. The van der Waals surface area contributed by atoms with Gasteiger partial charge in [-0.25, -0.2) is 0 Å². The first-order chi connectivity index (χ1) is 12.1. The van der Waals surface area contributed by atoms with E-state index < -0.39 is 4.92 Å². The molecule has 1 N–H and O–H groups in total. The average Bonchev–Trinajstić information content (AvgIpc) is 3.09. The van der Waals surface area contributed by atoms with Gasteiger partial charge in [0.25, 0.3) is 5.69 Å². The lowest BCUT2D eigenvalue weighted by molar-refractivity contribution is -0.385. The number of benzene rings is 1. The van der Waals surface area contributed by atoms with E-state index in [0.717, 1.165) is 17.8 Å². The molecule has 1 fully saturated rings. The number of anilines is 1. The fourth-order valence-electron chi connectivity index (χ4n) is 2.91. The molecule has 1 aliphatic rings. The molecule has 130 valence electrons. The third-order valence-corrected chi connectivity index (χ3v) is 5.17. The van der Waals surface area contributed by atoms with Crippen molar-refractivity contribution in [2.45, 2.75) is 38.0 Å². The number of amides is 1. The van der Waals surface area contributed by atoms with Gasteiger partial charge < -0.3 is 0 Å². The quantitative estimate of drug-likeness (QED) is 0.492. The maximum Gasteiger partial charge on any atom is 0.276 e. The lowest BCUT2D eigenvalue weighted by Gasteiger charge is -2.18. The molecule has 0 aliphatic heterocycles. The number of nitrogens with zero attached hydrogens (tertiary/aromatic N) is 3. The van der Waals surface area contributed by atoms with Gasteiger partial charge in [-0.05, 0) is 25.0 Å². The van der Waals surface area contributed by atoms with Gasteiger partial charge in [0.05, 0.1) is 10.5 Å². The molecule has 1 aliphatic carbocycles. The maximum atomic E-state index is 12.0. The van der Waals surface area contributed by atoms with Gasteiger partial charge in [0.15, 0.2) is 0 Å². The molecule has 0 atom stereocenters. The predicted molar refractivity (Wildman–Crippen MR) is 96.5 cm³/mol. The Kier molecular flexibility index (Phi) is 5.49. The molecule has 1 heterocycles. The van der Waals surface area contributed by atoms with Crippen LogP contribution in [0.15, 0.2) is 30.3 Å². The molecule has 3 rings (SSSR count).